The van der Waals surface area contributed by atoms with Crippen LogP contribution in [0.3, 0.4) is 0 Å². The molecule has 39 heavy (non-hydrogen) atoms. The topological polar surface area (TPSA) is 94.6 Å². The Morgan fingerprint density at radius 1 is 0.436 bits per heavy atom. The lowest BCUT2D eigenvalue weighted by molar-refractivity contribution is 0.481. The summed E-state index contributed by atoms with van der Waals surface area (Å²) in [6, 6.07) is 39.1. The van der Waals surface area contributed by atoms with Crippen LogP contribution in [-0.4, -0.2) is 0 Å². The van der Waals surface area contributed by atoms with Crippen LogP contribution in [-0.2, 0) is 5.41 Å². The second-order valence-electron chi connectivity index (χ2n) is 9.84. The number of hydrogen-bond acceptors (Lipinski definition) is 6. The average molecular weight is 517 g/mol. The Labute approximate surface area is 229 Å². The molecular formula is C33H32N4O2. The zero-order chi connectivity index (χ0) is 27.2. The second-order valence-corrected chi connectivity index (χ2v) is 9.84. The Hall–Kier alpha value is -5.10. The predicted octanol–water partition coefficient (Wildman–Crippen LogP) is 8.20. The van der Waals surface area contributed by atoms with E-state index in [0.29, 0.717) is 5.69 Å². The van der Waals surface area contributed by atoms with Crippen LogP contribution >= 0.6 is 0 Å². The standard InChI is InChI=1S/C33H32N4O2/c1-33(2,23-3-15-29(16-4-23)38-31-19-9-26(35)10-20-31)24-5-17-30(18-6-24)39-32-21-13-28(14-22-32)37-36-27-11-7-25(34)8-12-27/h3-22,36-37H,34-35H2,1-2H3. The Morgan fingerprint density at radius 3 is 1.10 bits per heavy atom. The number of nitrogen functional groups attached to an aromatic ring is 2. The second kappa shape index (κ2) is 11.1. The van der Waals surface area contributed by atoms with E-state index in [2.05, 4.69) is 49.0 Å². The van der Waals surface area contributed by atoms with E-state index in [4.69, 9.17) is 20.9 Å². The van der Waals surface area contributed by atoms with Crippen LogP contribution in [0.2, 0.25) is 0 Å². The van der Waals surface area contributed by atoms with Crippen LogP contribution < -0.4 is 31.8 Å². The zero-order valence-electron chi connectivity index (χ0n) is 22.0. The zero-order valence-corrected chi connectivity index (χ0v) is 22.0. The van der Waals surface area contributed by atoms with Crippen LogP contribution in [0.4, 0.5) is 22.7 Å². The lowest BCUT2D eigenvalue weighted by atomic mass is 9.78. The van der Waals surface area contributed by atoms with Gasteiger partial charge in [-0.1, -0.05) is 38.1 Å². The maximum atomic E-state index is 6.08. The summed E-state index contributed by atoms with van der Waals surface area (Å²) < 4.78 is 12.0. The molecule has 0 radical (unpaired) electrons. The molecule has 0 aliphatic heterocycles. The molecule has 0 aromatic heterocycles. The first-order chi connectivity index (χ1) is 18.8. The normalized spacial score (nSPS) is 11.0. The molecule has 0 aliphatic carbocycles. The van der Waals surface area contributed by atoms with Crippen LogP contribution in [0, 0.1) is 0 Å². The van der Waals surface area contributed by atoms with Crippen LogP contribution in [0.15, 0.2) is 121 Å². The molecule has 0 bridgehead atoms. The minimum atomic E-state index is -0.191. The number of nitrogens with two attached hydrogens (primary N) is 2. The smallest absolute Gasteiger partial charge is 0.127 e. The van der Waals surface area contributed by atoms with E-state index in [1.807, 2.05) is 97.1 Å². The van der Waals surface area contributed by atoms with Gasteiger partial charge < -0.3 is 31.8 Å². The first-order valence-electron chi connectivity index (χ1n) is 12.8. The summed E-state index contributed by atoms with van der Waals surface area (Å²) in [7, 11) is 0. The molecule has 5 aromatic carbocycles. The van der Waals surface area contributed by atoms with E-state index in [1.54, 1.807) is 0 Å². The van der Waals surface area contributed by atoms with Crippen molar-refractivity contribution in [3.63, 3.8) is 0 Å². The van der Waals surface area contributed by atoms with Gasteiger partial charge in [0.05, 0.1) is 11.4 Å². The van der Waals surface area contributed by atoms with Gasteiger partial charge in [-0.3, -0.25) is 0 Å². The summed E-state index contributed by atoms with van der Waals surface area (Å²) >= 11 is 0. The minimum absolute atomic E-state index is 0.191. The van der Waals surface area contributed by atoms with Crippen molar-refractivity contribution in [3.8, 4) is 23.0 Å². The Kier molecular flexibility index (Phi) is 7.28. The molecule has 5 aromatic rings. The van der Waals surface area contributed by atoms with E-state index >= 15 is 0 Å². The number of ether oxygens (including phenoxy) is 2. The van der Waals surface area contributed by atoms with Gasteiger partial charge in [0.15, 0.2) is 0 Å². The van der Waals surface area contributed by atoms with Gasteiger partial charge in [-0.05, 0) is 108 Å². The summed E-state index contributed by atoms with van der Waals surface area (Å²) in [5.74, 6) is 3.08. The fourth-order valence-corrected chi connectivity index (χ4v) is 4.17. The Balaban J connectivity index is 1.18. The first-order valence-corrected chi connectivity index (χ1v) is 12.8. The monoisotopic (exact) mass is 516 g/mol. The van der Waals surface area contributed by atoms with E-state index in [-0.39, 0.29) is 5.41 Å². The molecule has 6 heteroatoms. The third-order valence-corrected chi connectivity index (χ3v) is 6.62. The molecule has 0 heterocycles. The van der Waals surface area contributed by atoms with Crippen molar-refractivity contribution < 1.29 is 9.47 Å². The first kappa shape index (κ1) is 25.5. The summed E-state index contributed by atoms with van der Waals surface area (Å²) in [4.78, 5) is 0. The van der Waals surface area contributed by atoms with Gasteiger partial charge in [-0.2, -0.15) is 0 Å². The Bertz CT molecular complexity index is 1500. The number of anilines is 4. The maximum Gasteiger partial charge on any atom is 0.127 e. The maximum absolute atomic E-state index is 6.08. The minimum Gasteiger partial charge on any atom is -0.457 e. The number of benzene rings is 5. The fraction of sp³-hybridized carbons (Fsp3) is 0.0909. The summed E-state index contributed by atoms with van der Waals surface area (Å²) in [5, 5.41) is 0. The van der Waals surface area contributed by atoms with Gasteiger partial charge in [0.25, 0.3) is 0 Å². The predicted molar refractivity (Wildman–Crippen MR) is 161 cm³/mol. The quantitative estimate of drug-likeness (QED) is 0.116. The lowest BCUT2D eigenvalue weighted by Gasteiger charge is -2.26. The van der Waals surface area contributed by atoms with Crippen LogP contribution in [0.1, 0.15) is 25.0 Å². The number of hydrazine groups is 1. The molecule has 0 aliphatic rings. The Morgan fingerprint density at radius 2 is 0.718 bits per heavy atom. The highest BCUT2D eigenvalue weighted by molar-refractivity contribution is 5.56. The van der Waals surface area contributed by atoms with Crippen molar-refractivity contribution in [3.05, 3.63) is 132 Å². The third kappa shape index (κ3) is 6.43. The van der Waals surface area contributed by atoms with Gasteiger partial charge in [-0.25, -0.2) is 0 Å². The van der Waals surface area contributed by atoms with E-state index < -0.39 is 0 Å². The molecule has 0 spiro atoms. The summed E-state index contributed by atoms with van der Waals surface area (Å²) in [6.07, 6.45) is 0. The highest BCUT2D eigenvalue weighted by atomic mass is 16.5. The van der Waals surface area contributed by atoms with Crippen molar-refractivity contribution in [1.82, 2.24) is 0 Å². The van der Waals surface area contributed by atoms with E-state index in [1.165, 1.54) is 11.1 Å². The molecule has 0 unspecified atom stereocenters. The molecular weight excluding hydrogens is 484 g/mol. The van der Waals surface area contributed by atoms with Gasteiger partial charge in [0, 0.05) is 16.8 Å². The third-order valence-electron chi connectivity index (χ3n) is 6.62. The SMILES string of the molecule is CC(C)(c1ccc(Oc2ccc(N)cc2)cc1)c1ccc(Oc2ccc(NNc3ccc(N)cc3)cc2)cc1. The highest BCUT2D eigenvalue weighted by Crippen LogP contribution is 2.35. The van der Waals surface area contributed by atoms with Gasteiger partial charge in [0.1, 0.15) is 23.0 Å². The molecule has 6 nitrogen and oxygen atoms in total. The van der Waals surface area contributed by atoms with Crippen LogP contribution in [0.5, 0.6) is 23.0 Å². The molecule has 5 rings (SSSR count). The molecule has 196 valence electrons. The molecule has 0 atom stereocenters. The lowest BCUT2D eigenvalue weighted by Crippen LogP contribution is -2.18. The summed E-state index contributed by atoms with van der Waals surface area (Å²) in [5.41, 5.74) is 23.3. The van der Waals surface area contributed by atoms with E-state index in [9.17, 15) is 0 Å². The summed E-state index contributed by atoms with van der Waals surface area (Å²) in [6.45, 7) is 4.42. The molecule has 0 amide bonds. The number of nitrogens with one attached hydrogen (secondary N) is 2. The van der Waals surface area contributed by atoms with Crippen molar-refractivity contribution in [2.45, 2.75) is 19.3 Å². The van der Waals surface area contributed by atoms with Crippen LogP contribution in [0.25, 0.3) is 0 Å². The van der Waals surface area contributed by atoms with E-state index in [0.717, 1.165) is 40.1 Å². The van der Waals surface area contributed by atoms with Crippen molar-refractivity contribution in [2.75, 3.05) is 22.3 Å². The van der Waals surface area contributed by atoms with Crippen molar-refractivity contribution in [1.29, 1.82) is 0 Å². The van der Waals surface area contributed by atoms with Crippen molar-refractivity contribution >= 4 is 22.7 Å². The highest BCUT2D eigenvalue weighted by Gasteiger charge is 2.23. The molecule has 0 fully saturated rings. The average Bonchev–Trinajstić information content (AvgIpc) is 2.95. The largest absolute Gasteiger partial charge is 0.457 e. The van der Waals surface area contributed by atoms with Gasteiger partial charge in [0.2, 0.25) is 0 Å². The fourth-order valence-electron chi connectivity index (χ4n) is 4.17. The van der Waals surface area contributed by atoms with Gasteiger partial charge >= 0.3 is 0 Å². The molecule has 0 saturated carbocycles. The molecule has 6 N–H and O–H groups in total. The number of hydrogen-bond donors (Lipinski definition) is 4. The molecule has 0 saturated heterocycles. The number of rotatable bonds is 9. The van der Waals surface area contributed by atoms with Gasteiger partial charge in [-0.15, -0.1) is 0 Å². The van der Waals surface area contributed by atoms with Crippen molar-refractivity contribution in [2.24, 2.45) is 0 Å².